The summed E-state index contributed by atoms with van der Waals surface area (Å²) in [5.74, 6) is -7.71. The molecule has 0 spiro atoms. The molecule has 0 bridgehead atoms. The first-order valence-electron chi connectivity index (χ1n) is 5.46. The maximum Gasteiger partial charge on any atom is 0.394 e. The maximum absolute atomic E-state index is 12.7. The van der Waals surface area contributed by atoms with E-state index < -0.39 is 58.8 Å². The van der Waals surface area contributed by atoms with E-state index in [9.17, 15) is 31.2 Å². The van der Waals surface area contributed by atoms with Crippen LogP contribution in [0.1, 0.15) is 0 Å². The first-order valence-corrected chi connectivity index (χ1v) is 7.11. The summed E-state index contributed by atoms with van der Waals surface area (Å²) in [6.07, 6.45) is -4.76. The van der Waals surface area contributed by atoms with Crippen LogP contribution in [0.2, 0.25) is 0 Å². The van der Waals surface area contributed by atoms with Gasteiger partial charge in [0.05, 0.1) is 11.8 Å². The number of carbonyl (C=O) groups excluding carboxylic acids is 1. The maximum atomic E-state index is 12.7. The van der Waals surface area contributed by atoms with Crippen LogP contribution in [0.4, 0.5) is 13.2 Å². The molecule has 0 saturated carbocycles. The Hall–Kier alpha value is -1.36. The number of carboxylic acids is 1. The Bertz CT molecular complexity index is 504. The van der Waals surface area contributed by atoms with Gasteiger partial charge in [-0.15, -0.1) is 0 Å². The summed E-state index contributed by atoms with van der Waals surface area (Å²) in [5.41, 5.74) is 0. The third-order valence-corrected chi connectivity index (χ3v) is 4.28. The Morgan fingerprint density at radius 1 is 1.35 bits per heavy atom. The van der Waals surface area contributed by atoms with Crippen LogP contribution < -0.4 is 4.72 Å². The summed E-state index contributed by atoms with van der Waals surface area (Å²) in [6, 6.07) is 0. The molecule has 1 amide bonds. The van der Waals surface area contributed by atoms with Crippen molar-refractivity contribution in [2.45, 2.75) is 6.18 Å². The zero-order chi connectivity index (χ0) is 15.7. The SMILES string of the molecule is CNS(=O)(=O)CC(=O)N1C[C@@H](C(F)(F)F)[C@H](C(=O)O)C1. The molecule has 2 N–H and O–H groups in total. The monoisotopic (exact) mass is 318 g/mol. The standard InChI is InChI=1S/C9H13F3N2O5S/c1-13-20(18,19)4-7(15)14-2-5(8(16)17)6(3-14)9(10,11)12/h5-6,13H,2-4H2,1H3,(H,16,17)/t5-,6-/m1/s1. The number of alkyl halides is 3. The summed E-state index contributed by atoms with van der Waals surface area (Å²) >= 11 is 0. The van der Waals surface area contributed by atoms with E-state index in [0.717, 1.165) is 7.05 Å². The van der Waals surface area contributed by atoms with Crippen LogP contribution in [-0.4, -0.2) is 62.4 Å². The number of halogens is 3. The number of aliphatic carboxylic acids is 1. The number of nitrogens with zero attached hydrogens (tertiary/aromatic N) is 1. The second-order valence-corrected chi connectivity index (χ2v) is 6.28. The number of hydrogen-bond acceptors (Lipinski definition) is 4. The average molecular weight is 318 g/mol. The topological polar surface area (TPSA) is 104 Å². The third-order valence-electron chi connectivity index (χ3n) is 3.03. The van der Waals surface area contributed by atoms with Crippen LogP contribution in [0.3, 0.4) is 0 Å². The van der Waals surface area contributed by atoms with Gasteiger partial charge >= 0.3 is 12.1 Å². The molecule has 7 nitrogen and oxygen atoms in total. The molecular formula is C9H13F3N2O5S. The lowest BCUT2D eigenvalue weighted by molar-refractivity contribution is -0.188. The van der Waals surface area contributed by atoms with Crippen LogP contribution in [-0.2, 0) is 19.6 Å². The minimum absolute atomic E-state index is 0.617. The smallest absolute Gasteiger partial charge is 0.394 e. The van der Waals surface area contributed by atoms with Crippen molar-refractivity contribution in [2.75, 3.05) is 25.9 Å². The molecule has 11 heteroatoms. The van der Waals surface area contributed by atoms with Gasteiger partial charge in [-0.05, 0) is 7.05 Å². The first kappa shape index (κ1) is 16.7. The number of carbonyl (C=O) groups is 2. The minimum Gasteiger partial charge on any atom is -0.481 e. The third kappa shape index (κ3) is 3.82. The molecule has 20 heavy (non-hydrogen) atoms. The molecule has 0 aromatic carbocycles. The highest BCUT2D eigenvalue weighted by Gasteiger charge is 2.53. The second-order valence-electron chi connectivity index (χ2n) is 4.35. The Labute approximate surface area is 112 Å². The summed E-state index contributed by atoms with van der Waals surface area (Å²) in [6.45, 7) is -1.50. The lowest BCUT2D eigenvalue weighted by Gasteiger charge is -2.18. The largest absolute Gasteiger partial charge is 0.481 e. The average Bonchev–Trinajstić information content (AvgIpc) is 2.73. The van der Waals surface area contributed by atoms with E-state index in [1.54, 1.807) is 0 Å². The molecule has 1 aliphatic rings. The van der Waals surface area contributed by atoms with Crippen molar-refractivity contribution in [3.63, 3.8) is 0 Å². The van der Waals surface area contributed by atoms with Gasteiger partial charge in [0.2, 0.25) is 15.9 Å². The van der Waals surface area contributed by atoms with Gasteiger partial charge in [-0.2, -0.15) is 13.2 Å². The molecule has 1 rings (SSSR count). The minimum atomic E-state index is -4.76. The summed E-state index contributed by atoms with van der Waals surface area (Å²) in [4.78, 5) is 23.0. The second kappa shape index (κ2) is 5.56. The number of likely N-dealkylation sites (tertiary alicyclic amines) is 1. The van der Waals surface area contributed by atoms with Gasteiger partial charge in [0.1, 0.15) is 5.75 Å². The van der Waals surface area contributed by atoms with Gasteiger partial charge in [-0.25, -0.2) is 13.1 Å². The fourth-order valence-electron chi connectivity index (χ4n) is 1.92. The molecule has 1 saturated heterocycles. The van der Waals surface area contributed by atoms with Gasteiger partial charge in [0, 0.05) is 13.1 Å². The van der Waals surface area contributed by atoms with E-state index in [4.69, 9.17) is 5.11 Å². The van der Waals surface area contributed by atoms with Crippen molar-refractivity contribution in [3.05, 3.63) is 0 Å². The molecule has 2 atom stereocenters. The highest BCUT2D eigenvalue weighted by molar-refractivity contribution is 7.90. The zero-order valence-corrected chi connectivity index (χ0v) is 11.2. The molecule has 1 fully saturated rings. The van der Waals surface area contributed by atoms with Crippen molar-refractivity contribution in [2.24, 2.45) is 11.8 Å². The number of carboxylic acid groups (broad SMARTS) is 1. The van der Waals surface area contributed by atoms with Crippen molar-refractivity contribution < 1.29 is 36.3 Å². The van der Waals surface area contributed by atoms with Gasteiger partial charge in [0.25, 0.3) is 0 Å². The number of amides is 1. The van der Waals surface area contributed by atoms with Crippen LogP contribution in [0.15, 0.2) is 0 Å². The fraction of sp³-hybridized carbons (Fsp3) is 0.778. The molecule has 0 radical (unpaired) electrons. The number of rotatable bonds is 4. The van der Waals surface area contributed by atoms with Crippen LogP contribution in [0, 0.1) is 11.8 Å². The first-order chi connectivity index (χ1) is 8.98. The Balaban J connectivity index is 2.86. The molecule has 0 aromatic heterocycles. The van der Waals surface area contributed by atoms with Crippen molar-refractivity contribution in [1.82, 2.24) is 9.62 Å². The summed E-state index contributed by atoms with van der Waals surface area (Å²) in [7, 11) is -2.86. The highest BCUT2D eigenvalue weighted by Crippen LogP contribution is 2.37. The molecular weight excluding hydrogens is 305 g/mol. The molecule has 1 heterocycles. The lowest BCUT2D eigenvalue weighted by atomic mass is 9.96. The van der Waals surface area contributed by atoms with Gasteiger partial charge < -0.3 is 10.0 Å². The van der Waals surface area contributed by atoms with E-state index in [0.29, 0.717) is 4.90 Å². The predicted molar refractivity (Wildman–Crippen MR) is 60.1 cm³/mol. The number of sulfonamides is 1. The van der Waals surface area contributed by atoms with Crippen molar-refractivity contribution >= 4 is 21.9 Å². The van der Waals surface area contributed by atoms with E-state index in [-0.39, 0.29) is 0 Å². The predicted octanol–water partition coefficient (Wildman–Crippen LogP) is -0.743. The van der Waals surface area contributed by atoms with Crippen molar-refractivity contribution in [1.29, 1.82) is 0 Å². The molecule has 116 valence electrons. The van der Waals surface area contributed by atoms with E-state index in [2.05, 4.69) is 0 Å². The number of hydrogen-bond donors (Lipinski definition) is 2. The Morgan fingerprint density at radius 3 is 2.25 bits per heavy atom. The van der Waals surface area contributed by atoms with Crippen LogP contribution in [0.25, 0.3) is 0 Å². The highest BCUT2D eigenvalue weighted by atomic mass is 32.2. The molecule has 0 unspecified atom stereocenters. The fourth-order valence-corrected chi connectivity index (χ4v) is 2.57. The summed E-state index contributed by atoms with van der Waals surface area (Å²) in [5, 5.41) is 8.76. The normalized spacial score (nSPS) is 23.9. The van der Waals surface area contributed by atoms with E-state index in [1.807, 2.05) is 4.72 Å². The molecule has 0 aromatic rings. The molecule has 1 aliphatic heterocycles. The molecule has 0 aliphatic carbocycles. The van der Waals surface area contributed by atoms with Crippen LogP contribution in [0.5, 0.6) is 0 Å². The Kier molecular flexibility index (Phi) is 4.64. The van der Waals surface area contributed by atoms with Gasteiger partial charge in [-0.1, -0.05) is 0 Å². The Morgan fingerprint density at radius 2 is 1.90 bits per heavy atom. The van der Waals surface area contributed by atoms with Gasteiger partial charge in [0.15, 0.2) is 0 Å². The van der Waals surface area contributed by atoms with E-state index >= 15 is 0 Å². The lowest BCUT2D eigenvalue weighted by Crippen LogP contribution is -2.38. The number of nitrogens with one attached hydrogen (secondary N) is 1. The van der Waals surface area contributed by atoms with Crippen molar-refractivity contribution in [3.8, 4) is 0 Å². The zero-order valence-electron chi connectivity index (χ0n) is 10.3. The van der Waals surface area contributed by atoms with E-state index in [1.165, 1.54) is 0 Å². The van der Waals surface area contributed by atoms with Gasteiger partial charge in [-0.3, -0.25) is 9.59 Å². The van der Waals surface area contributed by atoms with Crippen LogP contribution >= 0.6 is 0 Å². The summed E-state index contributed by atoms with van der Waals surface area (Å²) < 4.78 is 62.2. The quantitative estimate of drug-likeness (QED) is 0.710.